The lowest BCUT2D eigenvalue weighted by Gasteiger charge is -2.34. The summed E-state index contributed by atoms with van der Waals surface area (Å²) in [5.41, 5.74) is 7.67. The fourth-order valence-electron chi connectivity index (χ4n) is 2.44. The first-order chi connectivity index (χ1) is 8.74. The summed E-state index contributed by atoms with van der Waals surface area (Å²) in [5.74, 6) is 0.742. The van der Waals surface area contributed by atoms with E-state index in [2.05, 4.69) is 4.90 Å². The summed E-state index contributed by atoms with van der Waals surface area (Å²) in [7, 11) is 1.65. The molecule has 1 unspecified atom stereocenters. The molecular weight excluding hydrogens is 228 g/mol. The van der Waals surface area contributed by atoms with Crippen molar-refractivity contribution in [3.63, 3.8) is 0 Å². The first kappa shape index (κ1) is 13.0. The van der Waals surface area contributed by atoms with Crippen molar-refractivity contribution in [1.82, 2.24) is 0 Å². The number of rotatable bonds is 4. The van der Waals surface area contributed by atoms with E-state index < -0.39 is 0 Å². The Bertz CT molecular complexity index is 393. The zero-order valence-corrected chi connectivity index (χ0v) is 11.2. The van der Waals surface area contributed by atoms with Crippen LogP contribution in [0, 0.1) is 0 Å². The van der Waals surface area contributed by atoms with E-state index in [1.165, 1.54) is 0 Å². The lowest BCUT2D eigenvalue weighted by atomic mass is 10.1. The third-order valence-electron chi connectivity index (χ3n) is 3.36. The molecule has 1 heterocycles. The Labute approximate surface area is 109 Å². The monoisotopic (exact) mass is 250 g/mol. The third kappa shape index (κ3) is 2.88. The van der Waals surface area contributed by atoms with Gasteiger partial charge in [-0.2, -0.15) is 0 Å². The Kier molecular flexibility index (Phi) is 4.31. The van der Waals surface area contributed by atoms with Gasteiger partial charge in [-0.05, 0) is 31.9 Å². The topological polar surface area (TPSA) is 47.7 Å². The van der Waals surface area contributed by atoms with Gasteiger partial charge in [0.1, 0.15) is 5.75 Å². The summed E-state index contributed by atoms with van der Waals surface area (Å²) in [6, 6.07) is 5.95. The van der Waals surface area contributed by atoms with Crippen molar-refractivity contribution >= 4 is 11.4 Å². The number of nitrogens with zero attached hydrogens (tertiary/aromatic N) is 1. The highest BCUT2D eigenvalue weighted by Crippen LogP contribution is 2.29. The van der Waals surface area contributed by atoms with Gasteiger partial charge in [-0.15, -0.1) is 0 Å². The Morgan fingerprint density at radius 1 is 1.44 bits per heavy atom. The summed E-state index contributed by atoms with van der Waals surface area (Å²) in [4.78, 5) is 2.34. The summed E-state index contributed by atoms with van der Waals surface area (Å²) in [6.45, 7) is 4.84. The van der Waals surface area contributed by atoms with Crippen molar-refractivity contribution in [3.8, 4) is 5.75 Å². The number of anilines is 2. The first-order valence-electron chi connectivity index (χ1n) is 6.54. The van der Waals surface area contributed by atoms with E-state index in [-0.39, 0.29) is 0 Å². The van der Waals surface area contributed by atoms with E-state index in [1.807, 2.05) is 25.1 Å². The molecule has 100 valence electrons. The minimum absolute atomic E-state index is 0.340. The van der Waals surface area contributed by atoms with Gasteiger partial charge in [0, 0.05) is 31.5 Å². The molecule has 1 atom stereocenters. The van der Waals surface area contributed by atoms with Crippen LogP contribution in [-0.4, -0.2) is 32.9 Å². The maximum Gasteiger partial charge on any atom is 0.143 e. The molecule has 1 aromatic rings. The molecule has 2 rings (SSSR count). The second kappa shape index (κ2) is 5.96. The second-order valence-electron chi connectivity index (χ2n) is 4.59. The molecule has 0 spiro atoms. The minimum atomic E-state index is 0.340. The average Bonchev–Trinajstić information content (AvgIpc) is 2.40. The summed E-state index contributed by atoms with van der Waals surface area (Å²) < 4.78 is 11.0. The van der Waals surface area contributed by atoms with E-state index in [0.717, 1.165) is 44.0 Å². The predicted molar refractivity (Wildman–Crippen MR) is 74.3 cm³/mol. The normalized spacial score (nSPS) is 19.9. The SMILES string of the molecule is CCOC1CCCN(c2ccc(N)c(OC)c2)C1. The van der Waals surface area contributed by atoms with Crippen LogP contribution in [0.15, 0.2) is 18.2 Å². The highest BCUT2D eigenvalue weighted by atomic mass is 16.5. The van der Waals surface area contributed by atoms with E-state index in [4.69, 9.17) is 15.2 Å². The largest absolute Gasteiger partial charge is 0.495 e. The molecule has 18 heavy (non-hydrogen) atoms. The van der Waals surface area contributed by atoms with Gasteiger partial charge in [0.25, 0.3) is 0 Å². The van der Waals surface area contributed by atoms with E-state index in [0.29, 0.717) is 11.8 Å². The highest BCUT2D eigenvalue weighted by molar-refractivity contribution is 5.62. The molecule has 1 aliphatic rings. The number of ether oxygens (including phenoxy) is 2. The van der Waals surface area contributed by atoms with Crippen LogP contribution in [-0.2, 0) is 4.74 Å². The van der Waals surface area contributed by atoms with Crippen LogP contribution in [0.5, 0.6) is 5.75 Å². The standard InChI is InChI=1S/C14H22N2O2/c1-3-18-12-5-4-8-16(10-12)11-6-7-13(15)14(9-11)17-2/h6-7,9,12H,3-5,8,10,15H2,1-2H3. The van der Waals surface area contributed by atoms with Gasteiger partial charge in [0.15, 0.2) is 0 Å². The van der Waals surface area contributed by atoms with Crippen molar-refractivity contribution in [2.45, 2.75) is 25.9 Å². The second-order valence-corrected chi connectivity index (χ2v) is 4.59. The first-order valence-corrected chi connectivity index (χ1v) is 6.54. The van der Waals surface area contributed by atoms with E-state index >= 15 is 0 Å². The van der Waals surface area contributed by atoms with Crippen LogP contribution in [0.2, 0.25) is 0 Å². The molecule has 0 aromatic heterocycles. The van der Waals surface area contributed by atoms with Gasteiger partial charge >= 0.3 is 0 Å². The van der Waals surface area contributed by atoms with Crippen LogP contribution in [0.3, 0.4) is 0 Å². The summed E-state index contributed by atoms with van der Waals surface area (Å²) >= 11 is 0. The molecule has 0 bridgehead atoms. The van der Waals surface area contributed by atoms with Crippen LogP contribution in [0.25, 0.3) is 0 Å². The minimum Gasteiger partial charge on any atom is -0.495 e. The van der Waals surface area contributed by atoms with Gasteiger partial charge < -0.3 is 20.1 Å². The lowest BCUT2D eigenvalue weighted by Crippen LogP contribution is -2.39. The van der Waals surface area contributed by atoms with Gasteiger partial charge in [-0.1, -0.05) is 0 Å². The van der Waals surface area contributed by atoms with Crippen LogP contribution in [0.4, 0.5) is 11.4 Å². The van der Waals surface area contributed by atoms with Gasteiger partial charge in [-0.3, -0.25) is 0 Å². The fourth-order valence-corrected chi connectivity index (χ4v) is 2.44. The highest BCUT2D eigenvalue weighted by Gasteiger charge is 2.20. The Morgan fingerprint density at radius 3 is 3.00 bits per heavy atom. The molecule has 0 saturated carbocycles. The average molecular weight is 250 g/mol. The third-order valence-corrected chi connectivity index (χ3v) is 3.36. The van der Waals surface area contributed by atoms with Crippen LogP contribution < -0.4 is 15.4 Å². The van der Waals surface area contributed by atoms with Gasteiger partial charge in [0.05, 0.1) is 18.9 Å². The number of nitrogen functional groups attached to an aromatic ring is 1. The molecule has 1 aromatic carbocycles. The van der Waals surface area contributed by atoms with Crippen molar-refractivity contribution in [2.24, 2.45) is 0 Å². The maximum absolute atomic E-state index is 5.84. The number of hydrogen-bond acceptors (Lipinski definition) is 4. The molecule has 2 N–H and O–H groups in total. The zero-order chi connectivity index (χ0) is 13.0. The molecule has 1 fully saturated rings. The Hall–Kier alpha value is -1.42. The zero-order valence-electron chi connectivity index (χ0n) is 11.2. The molecule has 4 heteroatoms. The molecular formula is C14H22N2O2. The van der Waals surface area contributed by atoms with E-state index in [9.17, 15) is 0 Å². The molecule has 4 nitrogen and oxygen atoms in total. The fraction of sp³-hybridized carbons (Fsp3) is 0.571. The van der Waals surface area contributed by atoms with Crippen LogP contribution in [0.1, 0.15) is 19.8 Å². The Balaban J connectivity index is 2.10. The maximum atomic E-state index is 5.84. The van der Waals surface area contributed by atoms with Crippen molar-refractivity contribution < 1.29 is 9.47 Å². The number of nitrogens with two attached hydrogens (primary N) is 1. The quantitative estimate of drug-likeness (QED) is 0.833. The number of methoxy groups -OCH3 is 1. The van der Waals surface area contributed by atoms with Crippen LogP contribution >= 0.6 is 0 Å². The van der Waals surface area contributed by atoms with Gasteiger partial charge in [0.2, 0.25) is 0 Å². The smallest absolute Gasteiger partial charge is 0.143 e. The van der Waals surface area contributed by atoms with Gasteiger partial charge in [-0.25, -0.2) is 0 Å². The van der Waals surface area contributed by atoms with E-state index in [1.54, 1.807) is 7.11 Å². The molecule has 0 aliphatic carbocycles. The Morgan fingerprint density at radius 2 is 2.28 bits per heavy atom. The molecule has 1 saturated heterocycles. The summed E-state index contributed by atoms with van der Waals surface area (Å²) in [6.07, 6.45) is 2.65. The number of hydrogen-bond donors (Lipinski definition) is 1. The molecule has 0 radical (unpaired) electrons. The molecule has 0 amide bonds. The summed E-state index contributed by atoms with van der Waals surface area (Å²) in [5, 5.41) is 0. The van der Waals surface area contributed by atoms with Crippen molar-refractivity contribution in [2.75, 3.05) is 37.4 Å². The number of piperidine rings is 1. The molecule has 1 aliphatic heterocycles. The van der Waals surface area contributed by atoms with Crippen molar-refractivity contribution in [1.29, 1.82) is 0 Å². The number of benzene rings is 1. The lowest BCUT2D eigenvalue weighted by molar-refractivity contribution is 0.0526. The van der Waals surface area contributed by atoms with Crippen molar-refractivity contribution in [3.05, 3.63) is 18.2 Å². The predicted octanol–water partition coefficient (Wildman–Crippen LogP) is 2.28.